The molecule has 94 valence electrons. The normalized spacial score (nSPS) is 20.2. The van der Waals surface area contributed by atoms with Crippen LogP contribution in [0.4, 0.5) is 0 Å². The molecule has 0 bridgehead atoms. The van der Waals surface area contributed by atoms with E-state index in [9.17, 15) is 0 Å². The molecular formula is C12H16ClNO2S. The topological polar surface area (TPSA) is 41.5 Å². The van der Waals surface area contributed by atoms with Crippen molar-refractivity contribution in [2.24, 2.45) is 0 Å². The van der Waals surface area contributed by atoms with E-state index in [1.807, 2.05) is 30.0 Å². The van der Waals surface area contributed by atoms with E-state index >= 15 is 0 Å². The Morgan fingerprint density at radius 1 is 1.53 bits per heavy atom. The highest BCUT2D eigenvalue weighted by Crippen LogP contribution is 2.29. The summed E-state index contributed by atoms with van der Waals surface area (Å²) >= 11 is 8.07. The van der Waals surface area contributed by atoms with Crippen molar-refractivity contribution < 1.29 is 9.94 Å². The summed E-state index contributed by atoms with van der Waals surface area (Å²) in [5.41, 5.74) is 3.04. The summed E-state index contributed by atoms with van der Waals surface area (Å²) in [5.74, 6) is 3.01. The number of rotatable bonds is 4. The number of halogens is 1. The van der Waals surface area contributed by atoms with Gasteiger partial charge in [0.15, 0.2) is 0 Å². The maximum atomic E-state index is 8.61. The van der Waals surface area contributed by atoms with Crippen LogP contribution in [0.25, 0.3) is 0 Å². The molecule has 1 fully saturated rings. The molecule has 0 aliphatic carbocycles. The predicted octanol–water partition coefficient (Wildman–Crippen LogP) is 3.09. The zero-order valence-electron chi connectivity index (χ0n) is 9.49. The molecule has 1 aromatic rings. The van der Waals surface area contributed by atoms with Crippen molar-refractivity contribution in [3.8, 4) is 5.75 Å². The van der Waals surface area contributed by atoms with Gasteiger partial charge < -0.3 is 9.94 Å². The van der Waals surface area contributed by atoms with Gasteiger partial charge in [0.05, 0.1) is 5.02 Å². The Bertz CT molecular complexity index is 370. The van der Waals surface area contributed by atoms with E-state index in [1.165, 1.54) is 12.2 Å². The van der Waals surface area contributed by atoms with E-state index < -0.39 is 0 Å². The smallest absolute Gasteiger partial charge is 0.138 e. The van der Waals surface area contributed by atoms with Crippen LogP contribution in [0.3, 0.4) is 0 Å². The van der Waals surface area contributed by atoms with Crippen LogP contribution in [0.5, 0.6) is 5.75 Å². The van der Waals surface area contributed by atoms with Gasteiger partial charge in [-0.25, -0.2) is 5.48 Å². The molecule has 0 radical (unpaired) electrons. The highest BCUT2D eigenvalue weighted by atomic mass is 35.5. The fourth-order valence-corrected chi connectivity index (χ4v) is 3.11. The lowest BCUT2D eigenvalue weighted by Gasteiger charge is -2.23. The van der Waals surface area contributed by atoms with Crippen LogP contribution in [0.1, 0.15) is 18.4 Å². The standard InChI is InChI=1S/C12H16ClNO2S/c13-11-6-9(7-14-15)3-4-12(11)16-10-2-1-5-17-8-10/h3-4,6,10,14-15H,1-2,5,7-8H2. The minimum atomic E-state index is 0.271. The van der Waals surface area contributed by atoms with Gasteiger partial charge in [-0.1, -0.05) is 17.7 Å². The van der Waals surface area contributed by atoms with Gasteiger partial charge >= 0.3 is 0 Å². The van der Waals surface area contributed by atoms with E-state index in [4.69, 9.17) is 21.5 Å². The number of hydroxylamine groups is 1. The van der Waals surface area contributed by atoms with Crippen molar-refractivity contribution in [3.05, 3.63) is 28.8 Å². The van der Waals surface area contributed by atoms with Gasteiger partial charge in [0, 0.05) is 12.3 Å². The van der Waals surface area contributed by atoms with Crippen LogP contribution in [0.2, 0.25) is 5.02 Å². The fraction of sp³-hybridized carbons (Fsp3) is 0.500. The molecule has 1 saturated heterocycles. The molecule has 3 nitrogen and oxygen atoms in total. The van der Waals surface area contributed by atoms with Gasteiger partial charge in [-0.05, 0) is 36.3 Å². The summed E-state index contributed by atoms with van der Waals surface area (Å²) in [6.45, 7) is 0.388. The first kappa shape index (κ1) is 13.0. The van der Waals surface area contributed by atoms with Crippen LogP contribution in [0.15, 0.2) is 18.2 Å². The lowest BCUT2D eigenvalue weighted by Crippen LogP contribution is -2.23. The largest absolute Gasteiger partial charge is 0.488 e. The Balaban J connectivity index is 2.00. The van der Waals surface area contributed by atoms with E-state index in [0.29, 0.717) is 11.6 Å². The molecule has 2 rings (SSSR count). The average Bonchev–Trinajstić information content (AvgIpc) is 2.34. The van der Waals surface area contributed by atoms with Gasteiger partial charge in [-0.2, -0.15) is 11.8 Å². The second kappa shape index (κ2) is 6.50. The Labute approximate surface area is 110 Å². The number of ether oxygens (including phenoxy) is 1. The van der Waals surface area contributed by atoms with E-state index in [1.54, 1.807) is 0 Å². The summed E-state index contributed by atoms with van der Waals surface area (Å²) < 4.78 is 5.88. The molecule has 5 heteroatoms. The summed E-state index contributed by atoms with van der Waals surface area (Å²) in [7, 11) is 0. The average molecular weight is 274 g/mol. The summed E-state index contributed by atoms with van der Waals surface area (Å²) in [6.07, 6.45) is 2.58. The van der Waals surface area contributed by atoms with Crippen LogP contribution in [-0.2, 0) is 6.54 Å². The number of thioether (sulfide) groups is 1. The molecule has 1 unspecified atom stereocenters. The number of hydrogen-bond acceptors (Lipinski definition) is 4. The molecule has 0 aromatic heterocycles. The lowest BCUT2D eigenvalue weighted by molar-refractivity contribution is 0.161. The van der Waals surface area contributed by atoms with E-state index in [0.717, 1.165) is 23.5 Å². The SMILES string of the molecule is ONCc1ccc(OC2CCCSC2)c(Cl)c1. The summed E-state index contributed by atoms with van der Waals surface area (Å²) in [5, 5.41) is 9.22. The molecule has 1 atom stereocenters. The van der Waals surface area contributed by atoms with Crippen molar-refractivity contribution in [2.45, 2.75) is 25.5 Å². The first-order valence-corrected chi connectivity index (χ1v) is 7.22. The molecule has 1 aliphatic rings. The van der Waals surface area contributed by atoms with Gasteiger partial charge in [0.25, 0.3) is 0 Å². The van der Waals surface area contributed by atoms with Crippen LogP contribution >= 0.6 is 23.4 Å². The van der Waals surface area contributed by atoms with Crippen molar-refractivity contribution in [1.82, 2.24) is 5.48 Å². The molecule has 17 heavy (non-hydrogen) atoms. The molecule has 0 spiro atoms. The van der Waals surface area contributed by atoms with Crippen LogP contribution in [0, 0.1) is 0 Å². The summed E-state index contributed by atoms with van der Waals surface area (Å²) in [6, 6.07) is 5.59. The second-order valence-corrected chi connectivity index (χ2v) is 5.61. The van der Waals surface area contributed by atoms with Crippen LogP contribution < -0.4 is 10.2 Å². The fourth-order valence-electron chi connectivity index (χ4n) is 1.82. The van der Waals surface area contributed by atoms with Gasteiger partial charge in [0.2, 0.25) is 0 Å². The lowest BCUT2D eigenvalue weighted by atomic mass is 10.2. The van der Waals surface area contributed by atoms with Crippen molar-refractivity contribution in [2.75, 3.05) is 11.5 Å². The Hall–Kier alpha value is -0.420. The molecule has 1 heterocycles. The highest BCUT2D eigenvalue weighted by Gasteiger charge is 2.16. The number of hydrogen-bond donors (Lipinski definition) is 2. The molecule has 0 saturated carbocycles. The summed E-state index contributed by atoms with van der Waals surface area (Å²) in [4.78, 5) is 0. The molecule has 1 aromatic carbocycles. The van der Waals surface area contributed by atoms with Gasteiger partial charge in [-0.15, -0.1) is 0 Å². The molecule has 0 amide bonds. The Morgan fingerprint density at radius 3 is 3.06 bits per heavy atom. The molecular weight excluding hydrogens is 258 g/mol. The van der Waals surface area contributed by atoms with E-state index in [2.05, 4.69) is 5.48 Å². The molecule has 1 aliphatic heterocycles. The van der Waals surface area contributed by atoms with Crippen molar-refractivity contribution >= 4 is 23.4 Å². The highest BCUT2D eigenvalue weighted by molar-refractivity contribution is 7.99. The number of benzene rings is 1. The minimum Gasteiger partial charge on any atom is -0.488 e. The Kier molecular flexibility index (Phi) is 4.98. The van der Waals surface area contributed by atoms with Crippen molar-refractivity contribution in [1.29, 1.82) is 0 Å². The monoisotopic (exact) mass is 273 g/mol. The predicted molar refractivity (Wildman–Crippen MR) is 71.1 cm³/mol. The quantitative estimate of drug-likeness (QED) is 0.828. The maximum absolute atomic E-state index is 8.61. The maximum Gasteiger partial charge on any atom is 0.138 e. The zero-order valence-corrected chi connectivity index (χ0v) is 11.1. The first-order valence-electron chi connectivity index (χ1n) is 5.69. The van der Waals surface area contributed by atoms with Crippen LogP contribution in [-0.4, -0.2) is 22.8 Å². The molecule has 2 N–H and O–H groups in total. The zero-order chi connectivity index (χ0) is 12.1. The second-order valence-electron chi connectivity index (χ2n) is 4.06. The van der Waals surface area contributed by atoms with Gasteiger partial charge in [-0.3, -0.25) is 0 Å². The minimum absolute atomic E-state index is 0.271. The number of nitrogens with one attached hydrogen (secondary N) is 1. The Morgan fingerprint density at radius 2 is 2.41 bits per heavy atom. The third-order valence-electron chi connectivity index (χ3n) is 2.69. The third kappa shape index (κ3) is 3.78. The third-order valence-corrected chi connectivity index (χ3v) is 4.17. The van der Waals surface area contributed by atoms with Crippen molar-refractivity contribution in [3.63, 3.8) is 0 Å². The first-order chi connectivity index (χ1) is 8.29. The van der Waals surface area contributed by atoms with Gasteiger partial charge in [0.1, 0.15) is 11.9 Å². The van der Waals surface area contributed by atoms with E-state index in [-0.39, 0.29) is 6.10 Å².